The molecule has 1 atom stereocenters. The summed E-state index contributed by atoms with van der Waals surface area (Å²) in [4.78, 5) is 10.7. The van der Waals surface area contributed by atoms with Crippen LogP contribution in [-0.2, 0) is 4.79 Å². The highest BCUT2D eigenvalue weighted by molar-refractivity contribution is 7.80. The lowest BCUT2D eigenvalue weighted by molar-refractivity contribution is -0.118. The standard InChI is InChI=1S/C10H11F2N3OS/c1-4(9(13)16)15-8-6(11)2-5(10(14)17)3-7(8)12/h2-4,15H,1H3,(H2,13,16)(H2,14,17). The summed E-state index contributed by atoms with van der Waals surface area (Å²) >= 11 is 4.60. The Morgan fingerprint density at radius 2 is 1.82 bits per heavy atom. The first kappa shape index (κ1) is 13.3. The van der Waals surface area contributed by atoms with E-state index in [1.807, 2.05) is 0 Å². The van der Waals surface area contributed by atoms with Crippen LogP contribution in [0, 0.1) is 11.6 Å². The van der Waals surface area contributed by atoms with E-state index in [9.17, 15) is 13.6 Å². The zero-order valence-electron chi connectivity index (χ0n) is 8.96. The van der Waals surface area contributed by atoms with Crippen LogP contribution in [0.1, 0.15) is 12.5 Å². The highest BCUT2D eigenvalue weighted by Gasteiger charge is 2.16. The third kappa shape index (κ3) is 3.10. The molecule has 0 aromatic heterocycles. The van der Waals surface area contributed by atoms with Crippen molar-refractivity contribution in [1.29, 1.82) is 0 Å². The van der Waals surface area contributed by atoms with Gasteiger partial charge in [-0.15, -0.1) is 0 Å². The maximum Gasteiger partial charge on any atom is 0.239 e. The van der Waals surface area contributed by atoms with Crippen molar-refractivity contribution in [2.45, 2.75) is 13.0 Å². The Bertz CT molecular complexity index is 456. The molecule has 0 aliphatic heterocycles. The normalized spacial score (nSPS) is 11.9. The van der Waals surface area contributed by atoms with Crippen molar-refractivity contribution in [2.75, 3.05) is 5.32 Å². The van der Waals surface area contributed by atoms with Gasteiger partial charge in [-0.1, -0.05) is 12.2 Å². The minimum absolute atomic E-state index is 0.0762. The molecule has 0 saturated carbocycles. The van der Waals surface area contributed by atoms with Gasteiger partial charge in [0.15, 0.2) is 0 Å². The number of rotatable bonds is 4. The fraction of sp³-hybridized carbons (Fsp3) is 0.200. The molecule has 5 N–H and O–H groups in total. The summed E-state index contributed by atoms with van der Waals surface area (Å²) < 4.78 is 27.1. The van der Waals surface area contributed by atoms with Crippen LogP contribution >= 0.6 is 12.2 Å². The maximum atomic E-state index is 13.5. The largest absolute Gasteiger partial charge is 0.389 e. The number of carbonyl (C=O) groups is 1. The molecule has 0 saturated heterocycles. The molecule has 0 fully saturated rings. The monoisotopic (exact) mass is 259 g/mol. The van der Waals surface area contributed by atoms with Gasteiger partial charge in [-0.3, -0.25) is 4.79 Å². The molecule has 0 aliphatic carbocycles. The van der Waals surface area contributed by atoms with Gasteiger partial charge in [0, 0.05) is 5.56 Å². The molecule has 1 unspecified atom stereocenters. The van der Waals surface area contributed by atoms with Crippen molar-refractivity contribution in [3.05, 3.63) is 29.3 Å². The maximum absolute atomic E-state index is 13.5. The average Bonchev–Trinajstić information content (AvgIpc) is 2.22. The van der Waals surface area contributed by atoms with Crippen molar-refractivity contribution in [3.63, 3.8) is 0 Å². The van der Waals surface area contributed by atoms with Gasteiger partial charge in [0.2, 0.25) is 5.91 Å². The van der Waals surface area contributed by atoms with Gasteiger partial charge < -0.3 is 16.8 Å². The Balaban J connectivity index is 3.10. The van der Waals surface area contributed by atoms with E-state index in [1.165, 1.54) is 6.92 Å². The van der Waals surface area contributed by atoms with Crippen molar-refractivity contribution in [2.24, 2.45) is 11.5 Å². The fourth-order valence-electron chi connectivity index (χ4n) is 1.14. The molecule has 7 heteroatoms. The number of primary amides is 1. The van der Waals surface area contributed by atoms with E-state index in [0.717, 1.165) is 12.1 Å². The number of benzene rings is 1. The van der Waals surface area contributed by atoms with Gasteiger partial charge >= 0.3 is 0 Å². The Labute approximate surface area is 102 Å². The summed E-state index contributed by atoms with van der Waals surface area (Å²) in [5.41, 5.74) is 9.87. The second kappa shape index (κ2) is 5.05. The minimum Gasteiger partial charge on any atom is -0.389 e. The Hall–Kier alpha value is -1.76. The zero-order valence-corrected chi connectivity index (χ0v) is 9.78. The second-order valence-electron chi connectivity index (χ2n) is 3.45. The third-order valence-corrected chi connectivity index (χ3v) is 2.35. The molecular formula is C10H11F2N3OS. The molecular weight excluding hydrogens is 248 g/mol. The average molecular weight is 259 g/mol. The third-order valence-electron chi connectivity index (χ3n) is 2.11. The first-order chi connectivity index (χ1) is 7.82. The summed E-state index contributed by atoms with van der Waals surface area (Å²) in [6.45, 7) is 1.39. The van der Waals surface area contributed by atoms with E-state index in [4.69, 9.17) is 11.5 Å². The van der Waals surface area contributed by atoms with Crippen LogP contribution in [0.3, 0.4) is 0 Å². The van der Waals surface area contributed by atoms with Crippen LogP contribution in [0.4, 0.5) is 14.5 Å². The van der Waals surface area contributed by atoms with Crippen molar-refractivity contribution in [3.8, 4) is 0 Å². The molecule has 92 valence electrons. The van der Waals surface area contributed by atoms with Crippen LogP contribution in [0.15, 0.2) is 12.1 Å². The molecule has 1 rings (SSSR count). The molecule has 0 bridgehead atoms. The molecule has 0 heterocycles. The highest BCUT2D eigenvalue weighted by Crippen LogP contribution is 2.21. The first-order valence-electron chi connectivity index (χ1n) is 4.67. The lowest BCUT2D eigenvalue weighted by Gasteiger charge is -2.14. The van der Waals surface area contributed by atoms with Crippen LogP contribution in [0.5, 0.6) is 0 Å². The second-order valence-corrected chi connectivity index (χ2v) is 3.89. The lowest BCUT2D eigenvalue weighted by atomic mass is 10.1. The van der Waals surface area contributed by atoms with E-state index in [-0.39, 0.29) is 10.6 Å². The van der Waals surface area contributed by atoms with Crippen molar-refractivity contribution in [1.82, 2.24) is 0 Å². The summed E-state index contributed by atoms with van der Waals surface area (Å²) in [6, 6.07) is 1.08. The van der Waals surface area contributed by atoms with Gasteiger partial charge in [-0.05, 0) is 19.1 Å². The molecule has 1 amide bonds. The zero-order chi connectivity index (χ0) is 13.2. The van der Waals surface area contributed by atoms with Gasteiger partial charge in [-0.25, -0.2) is 8.78 Å². The van der Waals surface area contributed by atoms with Crippen LogP contribution < -0.4 is 16.8 Å². The van der Waals surface area contributed by atoms with E-state index in [0.29, 0.717) is 0 Å². The van der Waals surface area contributed by atoms with Crippen LogP contribution in [0.25, 0.3) is 0 Å². The van der Waals surface area contributed by atoms with Gasteiger partial charge in [0.1, 0.15) is 28.4 Å². The SMILES string of the molecule is CC(Nc1c(F)cc(C(N)=S)cc1F)C(N)=O. The van der Waals surface area contributed by atoms with E-state index in [2.05, 4.69) is 17.5 Å². The molecule has 0 aliphatic rings. The van der Waals surface area contributed by atoms with E-state index >= 15 is 0 Å². The number of carbonyl (C=O) groups excluding carboxylic acids is 1. The van der Waals surface area contributed by atoms with E-state index in [1.54, 1.807) is 0 Å². The molecule has 4 nitrogen and oxygen atoms in total. The lowest BCUT2D eigenvalue weighted by Crippen LogP contribution is -2.33. The number of amides is 1. The summed E-state index contributed by atoms with van der Waals surface area (Å²) in [5, 5.41) is 2.34. The molecule has 0 spiro atoms. The first-order valence-corrected chi connectivity index (χ1v) is 5.08. The summed E-state index contributed by atoms with van der Waals surface area (Å²) in [6.07, 6.45) is 0. The number of hydrogen-bond donors (Lipinski definition) is 3. The number of nitrogens with two attached hydrogens (primary N) is 2. The number of anilines is 1. The highest BCUT2D eigenvalue weighted by atomic mass is 32.1. The quantitative estimate of drug-likeness (QED) is 0.701. The molecule has 1 aromatic carbocycles. The Morgan fingerprint density at radius 3 is 2.18 bits per heavy atom. The van der Waals surface area contributed by atoms with Crippen molar-refractivity contribution < 1.29 is 13.6 Å². The predicted octanol–water partition coefficient (Wildman–Crippen LogP) is 0.885. The molecule has 1 aromatic rings. The number of hydrogen-bond acceptors (Lipinski definition) is 3. The van der Waals surface area contributed by atoms with Gasteiger partial charge in [0.25, 0.3) is 0 Å². The van der Waals surface area contributed by atoms with Crippen LogP contribution in [-0.4, -0.2) is 16.9 Å². The summed E-state index contributed by atoms with van der Waals surface area (Å²) in [5.74, 6) is -2.50. The number of nitrogens with one attached hydrogen (secondary N) is 1. The minimum atomic E-state index is -0.894. The molecule has 17 heavy (non-hydrogen) atoms. The Morgan fingerprint density at radius 1 is 1.35 bits per heavy atom. The van der Waals surface area contributed by atoms with Crippen molar-refractivity contribution >= 4 is 28.8 Å². The smallest absolute Gasteiger partial charge is 0.239 e. The number of halogens is 2. The number of thiocarbonyl (C=S) groups is 1. The fourth-order valence-corrected chi connectivity index (χ4v) is 1.26. The predicted molar refractivity (Wildman–Crippen MR) is 64.5 cm³/mol. The van der Waals surface area contributed by atoms with E-state index < -0.39 is 29.3 Å². The Kier molecular flexibility index (Phi) is 3.95. The van der Waals surface area contributed by atoms with Crippen LogP contribution in [0.2, 0.25) is 0 Å². The topological polar surface area (TPSA) is 81.1 Å². The van der Waals surface area contributed by atoms with Gasteiger partial charge in [-0.2, -0.15) is 0 Å². The van der Waals surface area contributed by atoms with Gasteiger partial charge in [0.05, 0.1) is 0 Å². The summed E-state index contributed by atoms with van der Waals surface area (Å²) in [7, 11) is 0. The molecule has 0 radical (unpaired) electrons.